The van der Waals surface area contributed by atoms with Gasteiger partial charge in [-0.05, 0) is 35.1 Å². The number of para-hydroxylation sites is 1. The summed E-state index contributed by atoms with van der Waals surface area (Å²) in [5, 5.41) is 4.58. The van der Waals surface area contributed by atoms with Crippen LogP contribution in [-0.4, -0.2) is 16.5 Å². The van der Waals surface area contributed by atoms with Crippen molar-refractivity contribution in [2.75, 3.05) is 11.9 Å². The van der Waals surface area contributed by atoms with E-state index in [4.69, 9.17) is 9.97 Å². The van der Waals surface area contributed by atoms with Crippen molar-refractivity contribution in [3.05, 3.63) is 90.0 Å². The molecule has 0 amide bonds. The summed E-state index contributed by atoms with van der Waals surface area (Å²) in [5.41, 5.74) is 4.75. The molecule has 3 aromatic carbocycles. The highest BCUT2D eigenvalue weighted by molar-refractivity contribution is 5.90. The number of fused-ring (bicyclic) bond motifs is 1. The number of nitrogens with one attached hydrogen (secondary N) is 1. The van der Waals surface area contributed by atoms with E-state index in [0.717, 1.165) is 41.1 Å². The maximum atomic E-state index is 4.87. The van der Waals surface area contributed by atoms with Gasteiger partial charge in [0.2, 0.25) is 0 Å². The van der Waals surface area contributed by atoms with Crippen LogP contribution in [0.25, 0.3) is 22.3 Å². The molecular formula is C26H27N3. The number of nitrogens with zero attached hydrogens (tertiary/aromatic N) is 2. The molecule has 29 heavy (non-hydrogen) atoms. The van der Waals surface area contributed by atoms with Gasteiger partial charge in [0.25, 0.3) is 0 Å². The Morgan fingerprint density at radius 1 is 0.759 bits per heavy atom. The summed E-state index contributed by atoms with van der Waals surface area (Å²) in [7, 11) is 0. The monoisotopic (exact) mass is 381 g/mol. The molecule has 146 valence electrons. The van der Waals surface area contributed by atoms with E-state index in [0.29, 0.717) is 0 Å². The number of rotatable bonds is 5. The number of anilines is 1. The van der Waals surface area contributed by atoms with Crippen molar-refractivity contribution >= 4 is 16.7 Å². The van der Waals surface area contributed by atoms with Crippen LogP contribution in [0.1, 0.15) is 31.9 Å². The molecule has 0 aliphatic heterocycles. The lowest BCUT2D eigenvalue weighted by atomic mass is 9.87. The van der Waals surface area contributed by atoms with Gasteiger partial charge in [-0.25, -0.2) is 9.97 Å². The van der Waals surface area contributed by atoms with Crippen molar-refractivity contribution in [3.63, 3.8) is 0 Å². The zero-order chi connectivity index (χ0) is 20.3. The summed E-state index contributed by atoms with van der Waals surface area (Å²) in [4.78, 5) is 9.69. The Hall–Kier alpha value is -3.20. The molecule has 1 N–H and O–H groups in total. The van der Waals surface area contributed by atoms with Crippen LogP contribution in [0.15, 0.2) is 78.9 Å². The third kappa shape index (κ3) is 4.45. The molecule has 0 saturated heterocycles. The van der Waals surface area contributed by atoms with Crippen LogP contribution in [0, 0.1) is 0 Å². The number of aromatic nitrogens is 2. The molecule has 1 heterocycles. The molecule has 0 aliphatic rings. The molecule has 4 aromatic rings. The predicted molar refractivity (Wildman–Crippen MR) is 122 cm³/mol. The summed E-state index contributed by atoms with van der Waals surface area (Å²) in [6, 6.07) is 27.3. The van der Waals surface area contributed by atoms with E-state index in [1.165, 1.54) is 11.1 Å². The smallest absolute Gasteiger partial charge is 0.162 e. The average Bonchev–Trinajstić information content (AvgIpc) is 2.74. The second-order valence-corrected chi connectivity index (χ2v) is 8.40. The van der Waals surface area contributed by atoms with Crippen molar-refractivity contribution in [1.82, 2.24) is 9.97 Å². The van der Waals surface area contributed by atoms with Gasteiger partial charge in [-0.15, -0.1) is 0 Å². The molecule has 0 bridgehead atoms. The third-order valence-electron chi connectivity index (χ3n) is 5.16. The molecule has 0 fully saturated rings. The Morgan fingerprint density at radius 2 is 1.45 bits per heavy atom. The lowest BCUT2D eigenvalue weighted by molar-refractivity contribution is 0.590. The Labute approximate surface area is 172 Å². The SMILES string of the molecule is CC(C)(C)c1ccc(-c2nc(NCCc3ccccc3)c3ccccc3n2)cc1. The molecule has 3 nitrogen and oxygen atoms in total. The Bertz CT molecular complexity index is 1090. The Morgan fingerprint density at radius 3 is 2.17 bits per heavy atom. The standard InChI is InChI=1S/C26H27N3/c1-26(2,3)21-15-13-20(14-16-21)24-28-23-12-8-7-11-22(23)25(29-24)27-18-17-19-9-5-4-6-10-19/h4-16H,17-18H2,1-3H3,(H,27,28,29). The van der Waals surface area contributed by atoms with E-state index in [9.17, 15) is 0 Å². The van der Waals surface area contributed by atoms with Crippen LogP contribution in [0.3, 0.4) is 0 Å². The Kier molecular flexibility index (Phi) is 5.30. The minimum absolute atomic E-state index is 0.132. The molecule has 0 radical (unpaired) electrons. The molecular weight excluding hydrogens is 354 g/mol. The largest absolute Gasteiger partial charge is 0.369 e. The fraction of sp³-hybridized carbons (Fsp3) is 0.231. The minimum atomic E-state index is 0.132. The first-order chi connectivity index (χ1) is 14.0. The van der Waals surface area contributed by atoms with Crippen LogP contribution >= 0.6 is 0 Å². The molecule has 0 aliphatic carbocycles. The number of hydrogen-bond donors (Lipinski definition) is 1. The second-order valence-electron chi connectivity index (χ2n) is 8.40. The van der Waals surface area contributed by atoms with Gasteiger partial charge in [0, 0.05) is 17.5 Å². The molecule has 0 saturated carbocycles. The summed E-state index contributed by atoms with van der Waals surface area (Å²) in [6.45, 7) is 7.50. The van der Waals surface area contributed by atoms with Crippen LogP contribution in [0.5, 0.6) is 0 Å². The Balaban J connectivity index is 1.63. The van der Waals surface area contributed by atoms with E-state index < -0.39 is 0 Å². The van der Waals surface area contributed by atoms with Crippen molar-refractivity contribution in [2.45, 2.75) is 32.6 Å². The van der Waals surface area contributed by atoms with E-state index in [1.807, 2.05) is 24.3 Å². The summed E-state index contributed by atoms with van der Waals surface area (Å²) >= 11 is 0. The first-order valence-electron chi connectivity index (χ1n) is 10.2. The zero-order valence-electron chi connectivity index (χ0n) is 17.3. The van der Waals surface area contributed by atoms with E-state index in [2.05, 4.69) is 80.7 Å². The van der Waals surface area contributed by atoms with Gasteiger partial charge in [-0.2, -0.15) is 0 Å². The molecule has 1 aromatic heterocycles. The second kappa shape index (κ2) is 8.04. The van der Waals surface area contributed by atoms with E-state index in [-0.39, 0.29) is 5.41 Å². The van der Waals surface area contributed by atoms with Crippen molar-refractivity contribution in [1.29, 1.82) is 0 Å². The molecule has 4 rings (SSSR count). The van der Waals surface area contributed by atoms with Crippen LogP contribution in [0.4, 0.5) is 5.82 Å². The van der Waals surface area contributed by atoms with Gasteiger partial charge in [0.05, 0.1) is 5.52 Å². The van der Waals surface area contributed by atoms with Crippen LogP contribution in [-0.2, 0) is 11.8 Å². The number of benzene rings is 3. The van der Waals surface area contributed by atoms with Crippen LogP contribution in [0.2, 0.25) is 0 Å². The predicted octanol–water partition coefficient (Wildman–Crippen LogP) is 6.25. The molecule has 3 heteroatoms. The fourth-order valence-corrected chi connectivity index (χ4v) is 3.43. The number of hydrogen-bond acceptors (Lipinski definition) is 3. The highest BCUT2D eigenvalue weighted by Crippen LogP contribution is 2.27. The van der Waals surface area contributed by atoms with Gasteiger partial charge >= 0.3 is 0 Å². The fourth-order valence-electron chi connectivity index (χ4n) is 3.43. The normalized spacial score (nSPS) is 11.6. The van der Waals surface area contributed by atoms with Crippen molar-refractivity contribution in [2.24, 2.45) is 0 Å². The highest BCUT2D eigenvalue weighted by atomic mass is 15.0. The lowest BCUT2D eigenvalue weighted by Gasteiger charge is -2.19. The topological polar surface area (TPSA) is 37.8 Å². The zero-order valence-corrected chi connectivity index (χ0v) is 17.3. The lowest BCUT2D eigenvalue weighted by Crippen LogP contribution is -2.10. The molecule has 0 unspecified atom stereocenters. The first kappa shape index (κ1) is 19.1. The summed E-state index contributed by atoms with van der Waals surface area (Å²) < 4.78 is 0. The van der Waals surface area contributed by atoms with Crippen LogP contribution < -0.4 is 5.32 Å². The highest BCUT2D eigenvalue weighted by Gasteiger charge is 2.14. The summed E-state index contributed by atoms with van der Waals surface area (Å²) in [6.07, 6.45) is 0.953. The van der Waals surface area contributed by atoms with Gasteiger partial charge in [0.1, 0.15) is 5.82 Å². The maximum absolute atomic E-state index is 4.87. The van der Waals surface area contributed by atoms with E-state index in [1.54, 1.807) is 0 Å². The van der Waals surface area contributed by atoms with Gasteiger partial charge in [-0.3, -0.25) is 0 Å². The maximum Gasteiger partial charge on any atom is 0.162 e. The van der Waals surface area contributed by atoms with Crippen molar-refractivity contribution < 1.29 is 0 Å². The third-order valence-corrected chi connectivity index (χ3v) is 5.16. The molecule has 0 atom stereocenters. The minimum Gasteiger partial charge on any atom is -0.369 e. The quantitative estimate of drug-likeness (QED) is 0.444. The van der Waals surface area contributed by atoms with Gasteiger partial charge in [0.15, 0.2) is 5.82 Å². The van der Waals surface area contributed by atoms with Gasteiger partial charge in [-0.1, -0.05) is 87.5 Å². The van der Waals surface area contributed by atoms with Gasteiger partial charge < -0.3 is 5.32 Å². The summed E-state index contributed by atoms with van der Waals surface area (Å²) in [5.74, 6) is 1.65. The van der Waals surface area contributed by atoms with E-state index >= 15 is 0 Å². The van der Waals surface area contributed by atoms with Crippen molar-refractivity contribution in [3.8, 4) is 11.4 Å². The average molecular weight is 382 g/mol. The molecule has 0 spiro atoms. The first-order valence-corrected chi connectivity index (χ1v) is 10.2.